The van der Waals surface area contributed by atoms with Crippen molar-refractivity contribution in [2.45, 2.75) is 37.8 Å². The lowest BCUT2D eigenvalue weighted by atomic mass is 9.90. The molecule has 0 amide bonds. The molecule has 104 valence electrons. The Morgan fingerprint density at radius 2 is 2.42 bits per heavy atom. The highest BCUT2D eigenvalue weighted by Gasteiger charge is 2.41. The van der Waals surface area contributed by atoms with E-state index in [1.807, 2.05) is 0 Å². The largest absolute Gasteiger partial charge is 0.478 e. The van der Waals surface area contributed by atoms with Crippen molar-refractivity contribution < 1.29 is 19.4 Å². The number of carboxylic acids is 1. The minimum atomic E-state index is -0.922. The molecule has 2 aliphatic rings. The number of ether oxygens (including phenoxy) is 2. The van der Waals surface area contributed by atoms with Crippen molar-refractivity contribution in [1.29, 1.82) is 0 Å². The third-order valence-electron chi connectivity index (χ3n) is 4.06. The maximum absolute atomic E-state index is 11.1. The van der Waals surface area contributed by atoms with E-state index in [2.05, 4.69) is 5.10 Å². The van der Waals surface area contributed by atoms with Gasteiger partial charge in [-0.3, -0.25) is 4.68 Å². The Morgan fingerprint density at radius 3 is 3.05 bits per heavy atom. The van der Waals surface area contributed by atoms with Crippen molar-refractivity contribution in [3.8, 4) is 0 Å². The zero-order chi connectivity index (χ0) is 13.5. The molecule has 2 aliphatic heterocycles. The van der Waals surface area contributed by atoms with Crippen LogP contribution in [0.15, 0.2) is 6.20 Å². The quantitative estimate of drug-likeness (QED) is 0.876. The van der Waals surface area contributed by atoms with Gasteiger partial charge in [0, 0.05) is 32.3 Å². The summed E-state index contributed by atoms with van der Waals surface area (Å²) in [4.78, 5) is 11.1. The fourth-order valence-corrected chi connectivity index (χ4v) is 2.97. The van der Waals surface area contributed by atoms with E-state index in [1.165, 1.54) is 0 Å². The number of nitrogens with zero attached hydrogens (tertiary/aromatic N) is 2. The van der Waals surface area contributed by atoms with Gasteiger partial charge in [0.15, 0.2) is 0 Å². The van der Waals surface area contributed by atoms with Gasteiger partial charge in [-0.2, -0.15) is 5.10 Å². The molecule has 6 nitrogen and oxygen atoms in total. The minimum Gasteiger partial charge on any atom is -0.478 e. The zero-order valence-corrected chi connectivity index (χ0v) is 11.0. The lowest BCUT2D eigenvalue weighted by Crippen LogP contribution is -2.41. The standard InChI is InChI=1S/C13H18N2O4/c1-9-11(12(16)17)7-15(14-9)10-2-4-19-13(6-10)3-5-18-8-13/h7,10H,2-6,8H2,1H3,(H,16,17). The van der Waals surface area contributed by atoms with E-state index in [4.69, 9.17) is 14.6 Å². The molecule has 1 aromatic heterocycles. The van der Waals surface area contributed by atoms with Crippen LogP contribution in [0.3, 0.4) is 0 Å². The van der Waals surface area contributed by atoms with Gasteiger partial charge in [-0.05, 0) is 13.3 Å². The van der Waals surface area contributed by atoms with Crippen molar-refractivity contribution in [3.05, 3.63) is 17.5 Å². The van der Waals surface area contributed by atoms with Crippen molar-refractivity contribution in [3.63, 3.8) is 0 Å². The third-order valence-corrected chi connectivity index (χ3v) is 4.06. The van der Waals surface area contributed by atoms with Crippen LogP contribution in [0.25, 0.3) is 0 Å². The molecule has 1 N–H and O–H groups in total. The zero-order valence-electron chi connectivity index (χ0n) is 11.0. The first-order valence-electron chi connectivity index (χ1n) is 6.60. The number of rotatable bonds is 2. The summed E-state index contributed by atoms with van der Waals surface area (Å²) < 4.78 is 13.1. The molecule has 0 saturated carbocycles. The van der Waals surface area contributed by atoms with Crippen molar-refractivity contribution in [2.75, 3.05) is 19.8 Å². The molecule has 2 fully saturated rings. The monoisotopic (exact) mass is 266 g/mol. The minimum absolute atomic E-state index is 0.188. The highest BCUT2D eigenvalue weighted by Crippen LogP contribution is 2.37. The molecule has 2 saturated heterocycles. The van der Waals surface area contributed by atoms with Crippen LogP contribution < -0.4 is 0 Å². The first kappa shape index (κ1) is 12.6. The summed E-state index contributed by atoms with van der Waals surface area (Å²) >= 11 is 0. The molecule has 3 heterocycles. The van der Waals surface area contributed by atoms with Crippen LogP contribution in [-0.4, -0.2) is 46.3 Å². The van der Waals surface area contributed by atoms with Gasteiger partial charge >= 0.3 is 5.97 Å². The molecule has 1 aromatic rings. The van der Waals surface area contributed by atoms with Gasteiger partial charge in [0.25, 0.3) is 0 Å². The third kappa shape index (κ3) is 2.26. The summed E-state index contributed by atoms with van der Waals surface area (Å²) in [6.45, 7) is 3.78. The SMILES string of the molecule is Cc1nn(C2CCOC3(CCOC3)C2)cc1C(=O)O. The molecule has 0 bridgehead atoms. The van der Waals surface area contributed by atoms with E-state index in [-0.39, 0.29) is 17.2 Å². The highest BCUT2D eigenvalue weighted by atomic mass is 16.6. The second-order valence-electron chi connectivity index (χ2n) is 5.39. The van der Waals surface area contributed by atoms with Gasteiger partial charge in [-0.25, -0.2) is 4.79 Å². The summed E-state index contributed by atoms with van der Waals surface area (Å²) in [5.74, 6) is -0.922. The van der Waals surface area contributed by atoms with Crippen LogP contribution in [0.4, 0.5) is 0 Å². The lowest BCUT2D eigenvalue weighted by molar-refractivity contribution is -0.0962. The van der Waals surface area contributed by atoms with Crippen LogP contribution in [-0.2, 0) is 9.47 Å². The summed E-state index contributed by atoms with van der Waals surface area (Å²) in [6, 6.07) is 0.197. The first-order chi connectivity index (χ1) is 9.10. The molecular formula is C13H18N2O4. The Balaban J connectivity index is 1.82. The Bertz CT molecular complexity index is 491. The molecule has 1 spiro atoms. The molecular weight excluding hydrogens is 248 g/mol. The Kier molecular flexibility index (Phi) is 3.06. The molecule has 2 atom stereocenters. The topological polar surface area (TPSA) is 73.6 Å². The second kappa shape index (κ2) is 4.61. The van der Waals surface area contributed by atoms with Crippen LogP contribution in [0.5, 0.6) is 0 Å². The molecule has 0 aromatic carbocycles. The van der Waals surface area contributed by atoms with E-state index in [0.29, 0.717) is 18.9 Å². The van der Waals surface area contributed by atoms with Gasteiger partial charge in [0.2, 0.25) is 0 Å². The van der Waals surface area contributed by atoms with Crippen LogP contribution >= 0.6 is 0 Å². The van der Waals surface area contributed by atoms with E-state index in [1.54, 1.807) is 17.8 Å². The first-order valence-corrected chi connectivity index (χ1v) is 6.60. The molecule has 0 aliphatic carbocycles. The molecule has 0 radical (unpaired) electrons. The van der Waals surface area contributed by atoms with E-state index in [0.717, 1.165) is 25.9 Å². The Labute approximate surface area is 111 Å². The van der Waals surface area contributed by atoms with E-state index < -0.39 is 5.97 Å². The number of hydrogen-bond acceptors (Lipinski definition) is 4. The van der Waals surface area contributed by atoms with Crippen molar-refractivity contribution in [2.24, 2.45) is 0 Å². The smallest absolute Gasteiger partial charge is 0.339 e. The van der Waals surface area contributed by atoms with Crippen LogP contribution in [0.1, 0.15) is 41.4 Å². The van der Waals surface area contributed by atoms with Gasteiger partial charge in [-0.15, -0.1) is 0 Å². The maximum atomic E-state index is 11.1. The van der Waals surface area contributed by atoms with Gasteiger partial charge < -0.3 is 14.6 Å². The number of aromatic carboxylic acids is 1. The second-order valence-corrected chi connectivity index (χ2v) is 5.39. The molecule has 6 heteroatoms. The number of aromatic nitrogens is 2. The van der Waals surface area contributed by atoms with Gasteiger partial charge in [0.1, 0.15) is 5.56 Å². The predicted octanol–water partition coefficient (Wildman–Crippen LogP) is 1.40. The number of aryl methyl sites for hydroxylation is 1. The average molecular weight is 266 g/mol. The van der Waals surface area contributed by atoms with Gasteiger partial charge in [-0.1, -0.05) is 0 Å². The predicted molar refractivity (Wildman–Crippen MR) is 66.3 cm³/mol. The number of hydrogen-bond donors (Lipinski definition) is 1. The molecule has 3 rings (SSSR count). The van der Waals surface area contributed by atoms with E-state index in [9.17, 15) is 4.79 Å². The number of carboxylic acid groups (broad SMARTS) is 1. The normalized spacial score (nSPS) is 30.9. The van der Waals surface area contributed by atoms with Crippen molar-refractivity contribution >= 4 is 5.97 Å². The Hall–Kier alpha value is -1.40. The van der Waals surface area contributed by atoms with E-state index >= 15 is 0 Å². The lowest BCUT2D eigenvalue weighted by Gasteiger charge is -2.37. The van der Waals surface area contributed by atoms with Crippen LogP contribution in [0, 0.1) is 6.92 Å². The summed E-state index contributed by atoms with van der Waals surface area (Å²) in [6.07, 6.45) is 4.25. The van der Waals surface area contributed by atoms with Crippen LogP contribution in [0.2, 0.25) is 0 Å². The van der Waals surface area contributed by atoms with Gasteiger partial charge in [0.05, 0.1) is 23.9 Å². The highest BCUT2D eigenvalue weighted by molar-refractivity contribution is 5.88. The fourth-order valence-electron chi connectivity index (χ4n) is 2.97. The maximum Gasteiger partial charge on any atom is 0.339 e. The fraction of sp³-hybridized carbons (Fsp3) is 0.692. The summed E-state index contributed by atoms with van der Waals surface area (Å²) in [7, 11) is 0. The summed E-state index contributed by atoms with van der Waals surface area (Å²) in [5.41, 5.74) is 0.658. The average Bonchev–Trinajstić information content (AvgIpc) is 2.97. The Morgan fingerprint density at radius 1 is 1.58 bits per heavy atom. The molecule has 2 unspecified atom stereocenters. The number of carbonyl (C=O) groups is 1. The van der Waals surface area contributed by atoms with Crippen molar-refractivity contribution in [1.82, 2.24) is 9.78 Å². The molecule has 19 heavy (non-hydrogen) atoms. The summed E-state index contributed by atoms with van der Waals surface area (Å²) in [5, 5.41) is 13.4.